The molecule has 0 heterocycles. The molecule has 2 unspecified atom stereocenters. The molecule has 212 valence electrons. The van der Waals surface area contributed by atoms with Gasteiger partial charge in [0.25, 0.3) is 5.91 Å². The van der Waals surface area contributed by atoms with E-state index in [1.165, 1.54) is 4.90 Å². The van der Waals surface area contributed by atoms with E-state index in [4.69, 9.17) is 4.74 Å². The highest BCUT2D eigenvalue weighted by Gasteiger charge is 2.41. The van der Waals surface area contributed by atoms with E-state index in [2.05, 4.69) is 29.8 Å². The zero-order valence-corrected chi connectivity index (χ0v) is 24.9. The van der Waals surface area contributed by atoms with Gasteiger partial charge >= 0.3 is 6.09 Å². The summed E-state index contributed by atoms with van der Waals surface area (Å²) < 4.78 is 5.38. The average Bonchev–Trinajstić information content (AvgIpc) is 2.88. The SMILES string of the molecule is C=Cc1cccc(C(C(=O)Nc2ccc3ccccc3c2)N(C(=O)C(CS)NC(=O)OC(C)(C)C)C(C)(C)C)c1. The van der Waals surface area contributed by atoms with Crippen molar-refractivity contribution in [1.29, 1.82) is 0 Å². The number of amides is 3. The average molecular weight is 562 g/mol. The maximum absolute atomic E-state index is 14.1. The summed E-state index contributed by atoms with van der Waals surface area (Å²) >= 11 is 4.35. The molecule has 0 aromatic heterocycles. The van der Waals surface area contributed by atoms with E-state index in [-0.39, 0.29) is 5.75 Å². The van der Waals surface area contributed by atoms with Gasteiger partial charge in [-0.2, -0.15) is 12.6 Å². The van der Waals surface area contributed by atoms with Crippen molar-refractivity contribution < 1.29 is 19.1 Å². The molecule has 2 N–H and O–H groups in total. The van der Waals surface area contributed by atoms with Crippen LogP contribution in [0.4, 0.5) is 10.5 Å². The summed E-state index contributed by atoms with van der Waals surface area (Å²) in [6, 6.07) is 18.8. The molecule has 0 aliphatic rings. The predicted octanol–water partition coefficient (Wildman–Crippen LogP) is 6.61. The minimum atomic E-state index is -1.03. The zero-order chi connectivity index (χ0) is 29.7. The van der Waals surface area contributed by atoms with Gasteiger partial charge in [-0.15, -0.1) is 0 Å². The fraction of sp³-hybridized carbons (Fsp3) is 0.344. The van der Waals surface area contributed by atoms with Crippen molar-refractivity contribution in [2.24, 2.45) is 0 Å². The number of benzene rings is 3. The first-order valence-electron chi connectivity index (χ1n) is 13.2. The standard InChI is InChI=1S/C32H39N3O4S/c1-8-21-12-11-15-24(18-21)27(28(36)33-25-17-16-22-13-9-10-14-23(22)19-25)35(31(2,3)4)29(37)26(20-40)34-30(38)39-32(5,6)7/h8-19,26-27,40H,1,20H2,2-7H3,(H,33,36)(H,34,38). The third-order valence-corrected chi connectivity index (χ3v) is 6.48. The van der Waals surface area contributed by atoms with Gasteiger partial charge in [0, 0.05) is 17.0 Å². The highest BCUT2D eigenvalue weighted by molar-refractivity contribution is 7.80. The molecule has 7 nitrogen and oxygen atoms in total. The van der Waals surface area contributed by atoms with E-state index >= 15 is 0 Å². The van der Waals surface area contributed by atoms with Gasteiger partial charge in [0.05, 0.1) is 0 Å². The molecule has 8 heteroatoms. The minimum absolute atomic E-state index is 0.0103. The number of fused-ring (bicyclic) bond motifs is 1. The molecule has 0 saturated heterocycles. The van der Waals surface area contributed by atoms with Crippen molar-refractivity contribution in [3.8, 4) is 0 Å². The Morgan fingerprint density at radius 3 is 2.23 bits per heavy atom. The number of nitrogens with zero attached hydrogens (tertiary/aromatic N) is 1. The largest absolute Gasteiger partial charge is 0.444 e. The van der Waals surface area contributed by atoms with Crippen molar-refractivity contribution in [2.45, 2.75) is 64.8 Å². The van der Waals surface area contributed by atoms with Crippen LogP contribution in [0.25, 0.3) is 16.8 Å². The van der Waals surface area contributed by atoms with Crippen LogP contribution in [0.15, 0.2) is 73.3 Å². The number of ether oxygens (including phenoxy) is 1. The summed E-state index contributed by atoms with van der Waals surface area (Å²) in [7, 11) is 0. The molecule has 0 radical (unpaired) electrons. The summed E-state index contributed by atoms with van der Waals surface area (Å²) in [6.45, 7) is 14.6. The molecule has 3 rings (SSSR count). The van der Waals surface area contributed by atoms with Crippen LogP contribution in [-0.4, -0.2) is 45.7 Å². The van der Waals surface area contributed by atoms with Crippen LogP contribution in [-0.2, 0) is 14.3 Å². The van der Waals surface area contributed by atoms with Crippen molar-refractivity contribution >= 4 is 53.1 Å². The van der Waals surface area contributed by atoms with E-state index in [1.54, 1.807) is 32.9 Å². The van der Waals surface area contributed by atoms with Gasteiger partial charge in [0.1, 0.15) is 17.7 Å². The lowest BCUT2D eigenvalue weighted by Crippen LogP contribution is -2.58. The number of rotatable bonds is 8. The second-order valence-electron chi connectivity index (χ2n) is 11.6. The van der Waals surface area contributed by atoms with E-state index in [0.717, 1.165) is 16.3 Å². The first-order valence-corrected chi connectivity index (χ1v) is 13.8. The van der Waals surface area contributed by atoms with Crippen LogP contribution in [0.5, 0.6) is 0 Å². The van der Waals surface area contributed by atoms with Crippen molar-refractivity contribution in [1.82, 2.24) is 10.2 Å². The van der Waals surface area contributed by atoms with Crippen LogP contribution < -0.4 is 10.6 Å². The number of anilines is 1. The van der Waals surface area contributed by atoms with Crippen LogP contribution in [0.3, 0.4) is 0 Å². The van der Waals surface area contributed by atoms with Gasteiger partial charge < -0.3 is 20.3 Å². The molecule has 3 amide bonds. The number of hydrogen-bond donors (Lipinski definition) is 3. The highest BCUT2D eigenvalue weighted by atomic mass is 32.1. The molecule has 40 heavy (non-hydrogen) atoms. The first-order chi connectivity index (χ1) is 18.7. The van der Waals surface area contributed by atoms with Gasteiger partial charge in [-0.05, 0) is 81.6 Å². The molecule has 0 saturated carbocycles. The monoisotopic (exact) mass is 561 g/mol. The Bertz CT molecular complexity index is 1390. The smallest absolute Gasteiger partial charge is 0.408 e. The lowest BCUT2D eigenvalue weighted by molar-refractivity contribution is -0.146. The fourth-order valence-corrected chi connectivity index (χ4v) is 4.65. The minimum Gasteiger partial charge on any atom is -0.444 e. The van der Waals surface area contributed by atoms with Gasteiger partial charge in [-0.1, -0.05) is 61.2 Å². The predicted molar refractivity (Wildman–Crippen MR) is 165 cm³/mol. The number of thiol groups is 1. The van der Waals surface area contributed by atoms with Crippen LogP contribution >= 0.6 is 12.6 Å². The zero-order valence-electron chi connectivity index (χ0n) is 24.0. The Kier molecular flexibility index (Phi) is 9.69. The Hall–Kier alpha value is -3.78. The van der Waals surface area contributed by atoms with Gasteiger partial charge in [-0.3, -0.25) is 9.59 Å². The van der Waals surface area contributed by atoms with Gasteiger partial charge in [0.15, 0.2) is 0 Å². The Balaban J connectivity index is 2.06. The Labute approximate surface area is 242 Å². The molecule has 0 fully saturated rings. The summed E-state index contributed by atoms with van der Waals surface area (Å²) in [6.07, 6.45) is 0.950. The molecule has 0 bridgehead atoms. The topological polar surface area (TPSA) is 87.7 Å². The van der Waals surface area contributed by atoms with E-state index in [1.807, 2.05) is 81.4 Å². The second kappa shape index (κ2) is 12.6. The third kappa shape index (κ3) is 7.88. The van der Waals surface area contributed by atoms with E-state index in [9.17, 15) is 14.4 Å². The van der Waals surface area contributed by atoms with Gasteiger partial charge in [-0.25, -0.2) is 4.79 Å². The number of hydrogen-bond acceptors (Lipinski definition) is 5. The molecular weight excluding hydrogens is 522 g/mol. The van der Waals surface area contributed by atoms with E-state index in [0.29, 0.717) is 11.3 Å². The van der Waals surface area contributed by atoms with Gasteiger partial charge in [0.2, 0.25) is 5.91 Å². The quantitative estimate of drug-likeness (QED) is 0.270. The Morgan fingerprint density at radius 1 is 0.950 bits per heavy atom. The number of carbonyl (C=O) groups is 3. The number of alkyl carbamates (subject to hydrolysis) is 1. The summed E-state index contributed by atoms with van der Waals surface area (Å²) in [4.78, 5) is 42.3. The molecule has 3 aromatic rings. The van der Waals surface area contributed by atoms with Crippen LogP contribution in [0, 0.1) is 0 Å². The maximum atomic E-state index is 14.1. The molecule has 0 spiro atoms. The maximum Gasteiger partial charge on any atom is 0.408 e. The molecule has 0 aliphatic carbocycles. The van der Waals surface area contributed by atoms with Crippen molar-refractivity contribution in [3.05, 3.63) is 84.4 Å². The number of carbonyl (C=O) groups excluding carboxylic acids is 3. The molecule has 0 aliphatic heterocycles. The molecular formula is C32H39N3O4S. The molecule has 3 aromatic carbocycles. The molecule has 2 atom stereocenters. The summed E-state index contributed by atoms with van der Waals surface area (Å²) in [5.74, 6) is -0.845. The third-order valence-electron chi connectivity index (χ3n) is 6.12. The highest BCUT2D eigenvalue weighted by Crippen LogP contribution is 2.32. The second-order valence-corrected chi connectivity index (χ2v) is 12.0. The van der Waals surface area contributed by atoms with E-state index < -0.39 is 41.1 Å². The summed E-state index contributed by atoms with van der Waals surface area (Å²) in [5, 5.41) is 7.68. The number of nitrogens with one attached hydrogen (secondary N) is 2. The van der Waals surface area contributed by atoms with Crippen molar-refractivity contribution in [3.63, 3.8) is 0 Å². The Morgan fingerprint density at radius 2 is 1.62 bits per heavy atom. The van der Waals surface area contributed by atoms with Crippen molar-refractivity contribution in [2.75, 3.05) is 11.1 Å². The summed E-state index contributed by atoms with van der Waals surface area (Å²) in [5.41, 5.74) is 0.455. The first kappa shape index (κ1) is 30.8. The lowest BCUT2D eigenvalue weighted by atomic mass is 9.94. The van der Waals surface area contributed by atoms with Crippen LogP contribution in [0.2, 0.25) is 0 Å². The normalized spacial score (nSPS) is 13.2. The fourth-order valence-electron chi connectivity index (χ4n) is 4.40. The van der Waals surface area contributed by atoms with Crippen LogP contribution in [0.1, 0.15) is 58.7 Å². The lowest BCUT2D eigenvalue weighted by Gasteiger charge is -2.43.